The number of nitrogens with zero attached hydrogens (tertiary/aromatic N) is 2. The van der Waals surface area contributed by atoms with Crippen molar-refractivity contribution >= 4 is 31.9 Å². The molecule has 2 aromatic rings. The molecule has 1 aromatic carbocycles. The van der Waals surface area contributed by atoms with Gasteiger partial charge in [-0.1, -0.05) is 57.0 Å². The number of nitrogens with one attached hydrogen (secondary N) is 1. The standard InChI is InChI=1S/C11H11Br2N3O/c1-7(12)9(13)10-14-11(17)16(15-10)8-5-3-2-4-6-8/h2-7,9H,1H3,(H,14,15,17)/t7-,9-/m1/s1. The van der Waals surface area contributed by atoms with Crippen LogP contribution in [0.15, 0.2) is 35.1 Å². The monoisotopic (exact) mass is 359 g/mol. The Morgan fingerprint density at radius 2 is 1.94 bits per heavy atom. The summed E-state index contributed by atoms with van der Waals surface area (Å²) in [4.78, 5) is 14.7. The predicted molar refractivity (Wildman–Crippen MR) is 74.2 cm³/mol. The Bertz CT molecular complexity index is 547. The average molecular weight is 361 g/mol. The Hall–Kier alpha value is -0.880. The number of H-pyrrole nitrogens is 1. The van der Waals surface area contributed by atoms with Gasteiger partial charge in [-0.25, -0.2) is 4.79 Å². The summed E-state index contributed by atoms with van der Waals surface area (Å²) in [6.45, 7) is 1.99. The summed E-state index contributed by atoms with van der Waals surface area (Å²) in [5, 5.41) is 4.27. The SMILES string of the molecule is C[C@@H](Br)[C@@H](Br)c1nn(-c2ccccc2)c(=O)[nH]1. The molecule has 0 radical (unpaired) electrons. The molecule has 0 aliphatic rings. The molecule has 1 aromatic heterocycles. The van der Waals surface area contributed by atoms with Gasteiger partial charge < -0.3 is 0 Å². The highest BCUT2D eigenvalue weighted by Crippen LogP contribution is 2.27. The molecule has 0 fully saturated rings. The van der Waals surface area contributed by atoms with Crippen molar-refractivity contribution in [3.05, 3.63) is 46.6 Å². The summed E-state index contributed by atoms with van der Waals surface area (Å²) in [7, 11) is 0. The Morgan fingerprint density at radius 3 is 2.53 bits per heavy atom. The number of halogens is 2. The normalized spacial score (nSPS) is 14.5. The Balaban J connectivity index is 2.42. The van der Waals surface area contributed by atoms with Crippen LogP contribution in [0.5, 0.6) is 0 Å². The number of aromatic amines is 1. The van der Waals surface area contributed by atoms with Crippen LogP contribution in [-0.2, 0) is 0 Å². The second-order valence-electron chi connectivity index (χ2n) is 3.64. The second kappa shape index (κ2) is 5.18. The lowest BCUT2D eigenvalue weighted by molar-refractivity contribution is 0.797. The van der Waals surface area contributed by atoms with Crippen LogP contribution in [0.3, 0.4) is 0 Å². The molecule has 17 heavy (non-hydrogen) atoms. The van der Waals surface area contributed by atoms with Gasteiger partial charge in [0.15, 0.2) is 0 Å². The molecule has 0 spiro atoms. The molecular formula is C11H11Br2N3O. The van der Waals surface area contributed by atoms with Crippen molar-refractivity contribution in [2.24, 2.45) is 0 Å². The fourth-order valence-electron chi connectivity index (χ4n) is 1.43. The smallest absolute Gasteiger partial charge is 0.291 e. The number of para-hydroxylation sites is 1. The van der Waals surface area contributed by atoms with Gasteiger partial charge >= 0.3 is 5.69 Å². The van der Waals surface area contributed by atoms with E-state index >= 15 is 0 Å². The van der Waals surface area contributed by atoms with Gasteiger partial charge in [-0.3, -0.25) is 4.98 Å². The zero-order valence-corrected chi connectivity index (χ0v) is 12.3. The number of hydrogen-bond acceptors (Lipinski definition) is 2. The fourth-order valence-corrected chi connectivity index (χ4v) is 1.88. The van der Waals surface area contributed by atoms with E-state index in [4.69, 9.17) is 0 Å². The van der Waals surface area contributed by atoms with Gasteiger partial charge in [-0.05, 0) is 12.1 Å². The second-order valence-corrected chi connectivity index (χ2v) is 6.07. The first-order valence-corrected chi connectivity index (χ1v) is 6.95. The van der Waals surface area contributed by atoms with Crippen molar-refractivity contribution in [2.75, 3.05) is 0 Å². The molecule has 2 rings (SSSR count). The predicted octanol–water partition coefficient (Wildman–Crippen LogP) is 2.78. The lowest BCUT2D eigenvalue weighted by Crippen LogP contribution is -2.15. The van der Waals surface area contributed by atoms with Crippen LogP contribution in [-0.4, -0.2) is 19.6 Å². The number of rotatable bonds is 3. The minimum atomic E-state index is -0.233. The molecule has 1 N–H and O–H groups in total. The highest BCUT2D eigenvalue weighted by atomic mass is 79.9. The van der Waals surface area contributed by atoms with Crippen molar-refractivity contribution in [1.82, 2.24) is 14.8 Å². The molecule has 0 saturated heterocycles. The van der Waals surface area contributed by atoms with Crippen molar-refractivity contribution in [1.29, 1.82) is 0 Å². The average Bonchev–Trinajstić information content (AvgIpc) is 2.71. The van der Waals surface area contributed by atoms with E-state index in [2.05, 4.69) is 41.9 Å². The summed E-state index contributed by atoms with van der Waals surface area (Å²) < 4.78 is 1.36. The van der Waals surface area contributed by atoms with E-state index in [0.717, 1.165) is 5.69 Å². The third-order valence-corrected chi connectivity index (χ3v) is 4.77. The van der Waals surface area contributed by atoms with Crippen LogP contribution in [0.2, 0.25) is 0 Å². The molecule has 0 unspecified atom stereocenters. The van der Waals surface area contributed by atoms with Crippen LogP contribution in [0.25, 0.3) is 5.69 Å². The first kappa shape index (κ1) is 12.6. The summed E-state index contributed by atoms with van der Waals surface area (Å²) in [5.41, 5.74) is 0.519. The minimum Gasteiger partial charge on any atom is -0.291 e. The number of alkyl halides is 2. The van der Waals surface area contributed by atoms with E-state index in [0.29, 0.717) is 5.82 Å². The van der Waals surface area contributed by atoms with Crippen LogP contribution in [0, 0.1) is 0 Å². The maximum atomic E-state index is 11.8. The first-order valence-electron chi connectivity index (χ1n) is 5.12. The lowest BCUT2D eigenvalue weighted by Gasteiger charge is -2.07. The van der Waals surface area contributed by atoms with E-state index in [1.807, 2.05) is 37.3 Å². The number of hydrogen-bond donors (Lipinski definition) is 1. The first-order chi connectivity index (χ1) is 8.09. The van der Waals surface area contributed by atoms with Gasteiger partial charge in [0.25, 0.3) is 0 Å². The summed E-state index contributed by atoms with van der Waals surface area (Å²) >= 11 is 6.93. The molecule has 2 atom stereocenters. The fraction of sp³-hybridized carbons (Fsp3) is 0.273. The molecule has 0 saturated carbocycles. The van der Waals surface area contributed by atoms with Gasteiger partial charge in [0.1, 0.15) is 5.82 Å². The third-order valence-electron chi connectivity index (χ3n) is 2.30. The molecule has 1 heterocycles. The van der Waals surface area contributed by atoms with Crippen LogP contribution in [0.1, 0.15) is 17.6 Å². The zero-order valence-electron chi connectivity index (χ0n) is 9.10. The maximum absolute atomic E-state index is 11.8. The maximum Gasteiger partial charge on any atom is 0.348 e. The van der Waals surface area contributed by atoms with Gasteiger partial charge in [-0.2, -0.15) is 4.68 Å². The number of aromatic nitrogens is 3. The summed E-state index contributed by atoms with van der Waals surface area (Å²) in [5.74, 6) is 0.614. The summed E-state index contributed by atoms with van der Waals surface area (Å²) in [6.07, 6.45) is 0. The molecule has 0 aliphatic carbocycles. The van der Waals surface area contributed by atoms with E-state index < -0.39 is 0 Å². The van der Waals surface area contributed by atoms with Crippen LogP contribution in [0.4, 0.5) is 0 Å². The van der Waals surface area contributed by atoms with Crippen LogP contribution < -0.4 is 5.69 Å². The highest BCUT2D eigenvalue weighted by Gasteiger charge is 2.18. The molecule has 6 heteroatoms. The topological polar surface area (TPSA) is 50.7 Å². The minimum absolute atomic E-state index is 0.0276. The lowest BCUT2D eigenvalue weighted by atomic mass is 10.3. The Morgan fingerprint density at radius 1 is 1.29 bits per heavy atom. The van der Waals surface area contributed by atoms with Gasteiger partial charge in [0.05, 0.1) is 10.5 Å². The van der Waals surface area contributed by atoms with Crippen molar-refractivity contribution in [3.8, 4) is 5.69 Å². The molecule has 4 nitrogen and oxygen atoms in total. The zero-order chi connectivity index (χ0) is 12.4. The quantitative estimate of drug-likeness (QED) is 0.855. The van der Waals surface area contributed by atoms with E-state index in [1.165, 1.54) is 4.68 Å². The van der Waals surface area contributed by atoms with Gasteiger partial charge in [-0.15, -0.1) is 5.10 Å². The Labute approximate surface area is 115 Å². The van der Waals surface area contributed by atoms with Crippen LogP contribution >= 0.6 is 31.9 Å². The summed E-state index contributed by atoms with van der Waals surface area (Å²) in [6, 6.07) is 9.32. The molecule has 90 valence electrons. The molecule has 0 aliphatic heterocycles. The molecule has 0 amide bonds. The molecule has 0 bridgehead atoms. The van der Waals surface area contributed by atoms with E-state index in [-0.39, 0.29) is 15.3 Å². The van der Waals surface area contributed by atoms with Crippen molar-refractivity contribution in [2.45, 2.75) is 16.6 Å². The highest BCUT2D eigenvalue weighted by molar-refractivity contribution is 9.12. The Kier molecular flexibility index (Phi) is 3.83. The number of benzene rings is 1. The van der Waals surface area contributed by atoms with Gasteiger partial charge in [0.2, 0.25) is 0 Å². The van der Waals surface area contributed by atoms with Gasteiger partial charge in [0, 0.05) is 4.83 Å². The largest absolute Gasteiger partial charge is 0.348 e. The molecular weight excluding hydrogens is 350 g/mol. The van der Waals surface area contributed by atoms with E-state index in [1.54, 1.807) is 0 Å². The third kappa shape index (κ3) is 2.69. The van der Waals surface area contributed by atoms with Crippen molar-refractivity contribution < 1.29 is 0 Å². The van der Waals surface area contributed by atoms with E-state index in [9.17, 15) is 4.79 Å². The van der Waals surface area contributed by atoms with Crippen molar-refractivity contribution in [3.63, 3.8) is 0 Å².